The summed E-state index contributed by atoms with van der Waals surface area (Å²) in [5, 5.41) is 0. The molecule has 2 heterocycles. The van der Waals surface area contributed by atoms with E-state index in [4.69, 9.17) is 10.2 Å². The van der Waals surface area contributed by atoms with Crippen LogP contribution in [0.4, 0.5) is 5.69 Å². The minimum Gasteiger partial charge on any atom is -0.439 e. The Bertz CT molecular complexity index is 566. The third-order valence-electron chi connectivity index (χ3n) is 3.63. The number of hydrogen-bond donors (Lipinski definition) is 1. The van der Waals surface area contributed by atoms with Crippen molar-refractivity contribution < 1.29 is 4.42 Å². The molecule has 102 valence electrons. The molecule has 0 atom stereocenters. The normalized spacial score (nSPS) is 18.8. The first-order valence-electron chi connectivity index (χ1n) is 6.76. The van der Waals surface area contributed by atoms with Gasteiger partial charge in [0.2, 0.25) is 5.89 Å². The maximum absolute atomic E-state index is 5.77. The molecule has 1 aromatic carbocycles. The molecule has 3 rings (SSSR count). The van der Waals surface area contributed by atoms with Crippen LogP contribution in [0.25, 0.3) is 11.1 Å². The Morgan fingerprint density at radius 3 is 3.05 bits per heavy atom. The zero-order valence-electron chi connectivity index (χ0n) is 11.3. The van der Waals surface area contributed by atoms with Gasteiger partial charge < -0.3 is 15.1 Å². The average Bonchev–Trinajstić information content (AvgIpc) is 2.65. The largest absolute Gasteiger partial charge is 0.439 e. The van der Waals surface area contributed by atoms with Crippen LogP contribution in [0, 0.1) is 0 Å². The van der Waals surface area contributed by atoms with Crippen molar-refractivity contribution in [2.24, 2.45) is 0 Å². The first-order chi connectivity index (χ1) is 9.20. The third-order valence-corrected chi connectivity index (χ3v) is 3.63. The van der Waals surface area contributed by atoms with E-state index >= 15 is 0 Å². The standard InChI is InChI=1S/C14H20N4O/c1-17-5-2-6-18(8-7-17)10-14-16-12-9-11(15)3-4-13(12)19-14/h3-4,9H,2,5-8,10,15H2,1H3. The van der Waals surface area contributed by atoms with Crippen LogP contribution in [0.3, 0.4) is 0 Å². The second-order valence-corrected chi connectivity index (χ2v) is 5.27. The van der Waals surface area contributed by atoms with E-state index < -0.39 is 0 Å². The van der Waals surface area contributed by atoms with E-state index in [1.807, 2.05) is 18.2 Å². The molecule has 19 heavy (non-hydrogen) atoms. The van der Waals surface area contributed by atoms with Crippen LogP contribution in [-0.4, -0.2) is 48.0 Å². The summed E-state index contributed by atoms with van der Waals surface area (Å²) in [6.45, 7) is 5.22. The van der Waals surface area contributed by atoms with Gasteiger partial charge >= 0.3 is 0 Å². The van der Waals surface area contributed by atoms with E-state index in [-0.39, 0.29) is 0 Å². The fourth-order valence-corrected chi connectivity index (χ4v) is 2.51. The monoisotopic (exact) mass is 260 g/mol. The number of benzene rings is 1. The number of nitrogen functional groups attached to an aromatic ring is 1. The van der Waals surface area contributed by atoms with Crippen LogP contribution in [0.15, 0.2) is 22.6 Å². The minimum absolute atomic E-state index is 0.726. The van der Waals surface area contributed by atoms with Gasteiger partial charge in [0.1, 0.15) is 5.52 Å². The summed E-state index contributed by atoms with van der Waals surface area (Å²) in [6, 6.07) is 5.59. The molecular weight excluding hydrogens is 240 g/mol. The van der Waals surface area contributed by atoms with Gasteiger partial charge in [0.15, 0.2) is 5.58 Å². The van der Waals surface area contributed by atoms with Gasteiger partial charge in [0, 0.05) is 18.8 Å². The van der Waals surface area contributed by atoms with Gasteiger partial charge in [-0.3, -0.25) is 4.90 Å². The van der Waals surface area contributed by atoms with Crippen LogP contribution in [-0.2, 0) is 6.54 Å². The van der Waals surface area contributed by atoms with Gasteiger partial charge in [-0.1, -0.05) is 0 Å². The van der Waals surface area contributed by atoms with Crippen LogP contribution >= 0.6 is 0 Å². The van der Waals surface area contributed by atoms with E-state index in [0.717, 1.165) is 48.9 Å². The summed E-state index contributed by atoms with van der Waals surface area (Å²) in [7, 11) is 2.17. The van der Waals surface area contributed by atoms with Crippen LogP contribution in [0.5, 0.6) is 0 Å². The third kappa shape index (κ3) is 2.88. The lowest BCUT2D eigenvalue weighted by Gasteiger charge is -2.17. The maximum Gasteiger partial charge on any atom is 0.209 e. The lowest BCUT2D eigenvalue weighted by atomic mass is 10.3. The zero-order valence-corrected chi connectivity index (χ0v) is 11.3. The fraction of sp³-hybridized carbons (Fsp3) is 0.500. The van der Waals surface area contributed by atoms with Gasteiger partial charge in [-0.05, 0) is 44.8 Å². The van der Waals surface area contributed by atoms with E-state index in [1.165, 1.54) is 13.0 Å². The number of fused-ring (bicyclic) bond motifs is 1. The number of rotatable bonds is 2. The Morgan fingerprint density at radius 2 is 2.16 bits per heavy atom. The molecule has 5 heteroatoms. The van der Waals surface area contributed by atoms with Gasteiger partial charge in [0.25, 0.3) is 0 Å². The molecule has 0 amide bonds. The van der Waals surface area contributed by atoms with E-state index in [1.54, 1.807) is 0 Å². The van der Waals surface area contributed by atoms with Crippen molar-refractivity contribution in [1.82, 2.24) is 14.8 Å². The predicted octanol–water partition coefficient (Wildman–Crippen LogP) is 1.55. The molecule has 1 saturated heterocycles. The lowest BCUT2D eigenvalue weighted by Crippen LogP contribution is -2.28. The highest BCUT2D eigenvalue weighted by Crippen LogP contribution is 2.19. The number of likely N-dealkylation sites (N-methyl/N-ethyl adjacent to an activating group) is 1. The smallest absolute Gasteiger partial charge is 0.209 e. The second kappa shape index (κ2) is 5.19. The molecule has 1 fully saturated rings. The Balaban J connectivity index is 1.73. The zero-order chi connectivity index (χ0) is 13.2. The molecule has 0 saturated carbocycles. The SMILES string of the molecule is CN1CCCN(Cc2nc3cc(N)ccc3o2)CC1. The number of oxazole rings is 1. The highest BCUT2D eigenvalue weighted by atomic mass is 16.3. The van der Waals surface area contributed by atoms with Crippen LogP contribution in [0.1, 0.15) is 12.3 Å². The lowest BCUT2D eigenvalue weighted by molar-refractivity contribution is 0.246. The molecule has 2 aromatic rings. The Labute approximate surface area is 113 Å². The Morgan fingerprint density at radius 1 is 1.26 bits per heavy atom. The molecule has 0 unspecified atom stereocenters. The first-order valence-corrected chi connectivity index (χ1v) is 6.76. The second-order valence-electron chi connectivity index (χ2n) is 5.27. The van der Waals surface area contributed by atoms with Crippen molar-refractivity contribution in [2.45, 2.75) is 13.0 Å². The molecule has 5 nitrogen and oxygen atoms in total. The highest BCUT2D eigenvalue weighted by molar-refractivity contribution is 5.76. The van der Waals surface area contributed by atoms with E-state index in [9.17, 15) is 0 Å². The molecule has 1 aliphatic rings. The van der Waals surface area contributed by atoms with E-state index in [2.05, 4.69) is 21.8 Å². The molecule has 2 N–H and O–H groups in total. The number of nitrogens with zero attached hydrogens (tertiary/aromatic N) is 3. The summed E-state index contributed by atoms with van der Waals surface area (Å²) in [4.78, 5) is 9.28. The number of hydrogen-bond acceptors (Lipinski definition) is 5. The molecular formula is C14H20N4O. The van der Waals surface area contributed by atoms with Crippen LogP contribution < -0.4 is 5.73 Å². The van der Waals surface area contributed by atoms with Gasteiger partial charge in [-0.15, -0.1) is 0 Å². The van der Waals surface area contributed by atoms with Crippen molar-refractivity contribution in [1.29, 1.82) is 0 Å². The molecule has 0 spiro atoms. The molecule has 0 radical (unpaired) electrons. The average molecular weight is 260 g/mol. The van der Waals surface area contributed by atoms with Crippen LogP contribution in [0.2, 0.25) is 0 Å². The minimum atomic E-state index is 0.726. The molecule has 1 aliphatic heterocycles. The van der Waals surface area contributed by atoms with E-state index in [0.29, 0.717) is 0 Å². The highest BCUT2D eigenvalue weighted by Gasteiger charge is 2.15. The van der Waals surface area contributed by atoms with Gasteiger partial charge in [-0.25, -0.2) is 4.98 Å². The fourth-order valence-electron chi connectivity index (χ4n) is 2.51. The summed E-state index contributed by atoms with van der Waals surface area (Å²) in [5.74, 6) is 0.783. The Hall–Kier alpha value is -1.59. The Kier molecular flexibility index (Phi) is 3.40. The molecule has 1 aromatic heterocycles. The number of aromatic nitrogens is 1. The summed E-state index contributed by atoms with van der Waals surface area (Å²) < 4.78 is 5.77. The molecule has 0 aliphatic carbocycles. The maximum atomic E-state index is 5.77. The van der Waals surface area contributed by atoms with Crippen molar-refractivity contribution in [3.05, 3.63) is 24.1 Å². The van der Waals surface area contributed by atoms with Crippen molar-refractivity contribution in [3.8, 4) is 0 Å². The van der Waals surface area contributed by atoms with Gasteiger partial charge in [0.05, 0.1) is 6.54 Å². The van der Waals surface area contributed by atoms with Crippen molar-refractivity contribution >= 4 is 16.8 Å². The summed E-state index contributed by atoms with van der Waals surface area (Å²) >= 11 is 0. The predicted molar refractivity (Wildman–Crippen MR) is 75.8 cm³/mol. The number of anilines is 1. The summed E-state index contributed by atoms with van der Waals surface area (Å²) in [6.07, 6.45) is 1.20. The quantitative estimate of drug-likeness (QED) is 0.830. The number of nitrogens with two attached hydrogens (primary N) is 1. The molecule has 0 bridgehead atoms. The topological polar surface area (TPSA) is 58.5 Å². The van der Waals surface area contributed by atoms with Gasteiger partial charge in [-0.2, -0.15) is 0 Å². The van der Waals surface area contributed by atoms with Crippen molar-refractivity contribution in [2.75, 3.05) is 39.0 Å². The summed E-state index contributed by atoms with van der Waals surface area (Å²) in [5.41, 5.74) is 8.15. The van der Waals surface area contributed by atoms with Crippen molar-refractivity contribution in [3.63, 3.8) is 0 Å². The first kappa shape index (κ1) is 12.4.